The molecule has 0 atom stereocenters. The molecule has 21 heavy (non-hydrogen) atoms. The van der Waals surface area contributed by atoms with Gasteiger partial charge in [0.05, 0.1) is 5.56 Å². The van der Waals surface area contributed by atoms with Crippen molar-refractivity contribution in [3.8, 4) is 0 Å². The van der Waals surface area contributed by atoms with E-state index in [1.54, 1.807) is 0 Å². The number of benzene rings is 1. The largest absolute Gasteiger partial charge is 0.416 e. The Kier molecular flexibility index (Phi) is 6.20. The molecule has 0 radical (unpaired) electrons. The number of rotatable bonds is 6. The van der Waals surface area contributed by atoms with Crippen LogP contribution in [-0.4, -0.2) is 24.9 Å². The molecule has 0 aliphatic carbocycles. The molecule has 0 aromatic heterocycles. The zero-order valence-electron chi connectivity index (χ0n) is 11.6. The van der Waals surface area contributed by atoms with Gasteiger partial charge in [0, 0.05) is 26.4 Å². The summed E-state index contributed by atoms with van der Waals surface area (Å²) in [6.07, 6.45) is -3.72. The average Bonchev–Trinajstić information content (AvgIpc) is 2.38. The van der Waals surface area contributed by atoms with Gasteiger partial charge in [0.15, 0.2) is 0 Å². The standard InChI is InChI=1S/C14H17F3N2O2/c1-10(20)18-9-7-13(21)19-8-6-11-2-4-12(5-3-11)14(15,16)17/h2-5H,6-9H2,1H3,(H,18,20)(H,19,21). The molecule has 0 saturated carbocycles. The van der Waals surface area contributed by atoms with Gasteiger partial charge in [-0.25, -0.2) is 0 Å². The molecule has 4 nitrogen and oxygen atoms in total. The molecular weight excluding hydrogens is 285 g/mol. The summed E-state index contributed by atoms with van der Waals surface area (Å²) in [5.74, 6) is -0.414. The normalized spacial score (nSPS) is 11.0. The van der Waals surface area contributed by atoms with Gasteiger partial charge in [0.1, 0.15) is 0 Å². The number of nitrogens with one attached hydrogen (secondary N) is 2. The van der Waals surface area contributed by atoms with Crippen molar-refractivity contribution in [1.82, 2.24) is 10.6 Å². The van der Waals surface area contributed by atoms with E-state index in [0.717, 1.165) is 12.1 Å². The fourth-order valence-corrected chi connectivity index (χ4v) is 1.65. The van der Waals surface area contributed by atoms with Crippen molar-refractivity contribution in [1.29, 1.82) is 0 Å². The zero-order valence-corrected chi connectivity index (χ0v) is 11.6. The van der Waals surface area contributed by atoms with Crippen molar-refractivity contribution in [3.05, 3.63) is 35.4 Å². The average molecular weight is 302 g/mol. The number of amides is 2. The highest BCUT2D eigenvalue weighted by Gasteiger charge is 2.29. The van der Waals surface area contributed by atoms with Gasteiger partial charge in [-0.2, -0.15) is 13.2 Å². The molecule has 2 N–H and O–H groups in total. The SMILES string of the molecule is CC(=O)NCCC(=O)NCCc1ccc(C(F)(F)F)cc1. The lowest BCUT2D eigenvalue weighted by Crippen LogP contribution is -2.30. The van der Waals surface area contributed by atoms with Crippen molar-refractivity contribution >= 4 is 11.8 Å². The first kappa shape index (κ1) is 17.0. The molecule has 2 amide bonds. The van der Waals surface area contributed by atoms with Gasteiger partial charge in [-0.1, -0.05) is 12.1 Å². The van der Waals surface area contributed by atoms with Gasteiger partial charge in [0.2, 0.25) is 11.8 Å². The summed E-state index contributed by atoms with van der Waals surface area (Å²) in [6.45, 7) is 1.97. The maximum atomic E-state index is 12.4. The molecule has 0 aliphatic heterocycles. The van der Waals surface area contributed by atoms with Gasteiger partial charge in [0.25, 0.3) is 0 Å². The van der Waals surface area contributed by atoms with E-state index in [1.165, 1.54) is 19.1 Å². The van der Waals surface area contributed by atoms with E-state index < -0.39 is 11.7 Å². The molecule has 7 heteroatoms. The lowest BCUT2D eigenvalue weighted by molar-refractivity contribution is -0.137. The Bertz CT molecular complexity index is 484. The van der Waals surface area contributed by atoms with E-state index in [2.05, 4.69) is 10.6 Å². The third-order valence-corrected chi connectivity index (χ3v) is 2.74. The Morgan fingerprint density at radius 3 is 2.19 bits per heavy atom. The second kappa shape index (κ2) is 7.66. The lowest BCUT2D eigenvalue weighted by Gasteiger charge is -2.08. The van der Waals surface area contributed by atoms with Crippen LogP contribution in [-0.2, 0) is 22.2 Å². The first-order chi connectivity index (χ1) is 9.79. The molecule has 0 fully saturated rings. The minimum Gasteiger partial charge on any atom is -0.356 e. The fraction of sp³-hybridized carbons (Fsp3) is 0.429. The molecule has 0 heterocycles. The Hall–Kier alpha value is -2.05. The summed E-state index contributed by atoms with van der Waals surface area (Å²) in [5.41, 5.74) is 0.0238. The maximum Gasteiger partial charge on any atom is 0.416 e. The van der Waals surface area contributed by atoms with E-state index in [9.17, 15) is 22.8 Å². The molecule has 0 saturated heterocycles. The van der Waals surface area contributed by atoms with Crippen LogP contribution in [0.15, 0.2) is 24.3 Å². The number of halogens is 3. The summed E-state index contributed by atoms with van der Waals surface area (Å²) in [7, 11) is 0. The fourth-order valence-electron chi connectivity index (χ4n) is 1.65. The maximum absolute atomic E-state index is 12.4. The van der Waals surface area contributed by atoms with E-state index in [0.29, 0.717) is 18.5 Å². The van der Waals surface area contributed by atoms with Crippen LogP contribution in [0, 0.1) is 0 Å². The van der Waals surface area contributed by atoms with Crippen LogP contribution in [0.4, 0.5) is 13.2 Å². The summed E-state index contributed by atoms with van der Waals surface area (Å²) in [4.78, 5) is 22.0. The third-order valence-electron chi connectivity index (χ3n) is 2.74. The predicted octanol–water partition coefficient (Wildman–Crippen LogP) is 1.89. The Morgan fingerprint density at radius 2 is 1.67 bits per heavy atom. The van der Waals surface area contributed by atoms with Crippen molar-refractivity contribution in [2.24, 2.45) is 0 Å². The highest BCUT2D eigenvalue weighted by Crippen LogP contribution is 2.29. The van der Waals surface area contributed by atoms with Gasteiger partial charge in [-0.3, -0.25) is 9.59 Å². The zero-order chi connectivity index (χ0) is 15.9. The monoisotopic (exact) mass is 302 g/mol. The van der Waals surface area contributed by atoms with E-state index in [-0.39, 0.29) is 24.8 Å². The summed E-state index contributed by atoms with van der Waals surface area (Å²) in [5, 5.41) is 5.14. The smallest absolute Gasteiger partial charge is 0.356 e. The Morgan fingerprint density at radius 1 is 1.05 bits per heavy atom. The highest BCUT2D eigenvalue weighted by molar-refractivity contribution is 5.77. The second-order valence-corrected chi connectivity index (χ2v) is 4.53. The van der Waals surface area contributed by atoms with Gasteiger partial charge < -0.3 is 10.6 Å². The first-order valence-corrected chi connectivity index (χ1v) is 6.46. The third kappa shape index (κ3) is 6.78. The number of carbonyl (C=O) groups excluding carboxylic acids is 2. The summed E-state index contributed by atoms with van der Waals surface area (Å²) in [6, 6.07) is 4.83. The second-order valence-electron chi connectivity index (χ2n) is 4.53. The van der Waals surface area contributed by atoms with E-state index in [1.807, 2.05) is 0 Å². The number of alkyl halides is 3. The van der Waals surface area contributed by atoms with Crippen LogP contribution in [0.25, 0.3) is 0 Å². The first-order valence-electron chi connectivity index (χ1n) is 6.46. The van der Waals surface area contributed by atoms with Crippen LogP contribution >= 0.6 is 0 Å². The van der Waals surface area contributed by atoms with Crippen molar-refractivity contribution in [2.75, 3.05) is 13.1 Å². The molecule has 1 aromatic rings. The van der Waals surface area contributed by atoms with Crippen LogP contribution < -0.4 is 10.6 Å². The highest BCUT2D eigenvalue weighted by atomic mass is 19.4. The molecule has 0 bridgehead atoms. The number of hydrogen-bond acceptors (Lipinski definition) is 2. The van der Waals surface area contributed by atoms with Gasteiger partial charge in [-0.15, -0.1) is 0 Å². The molecule has 1 rings (SSSR count). The van der Waals surface area contributed by atoms with Gasteiger partial charge >= 0.3 is 6.18 Å². The van der Waals surface area contributed by atoms with Crippen LogP contribution in [0.3, 0.4) is 0 Å². The molecule has 1 aromatic carbocycles. The topological polar surface area (TPSA) is 58.2 Å². The molecule has 0 aliphatic rings. The summed E-state index contributed by atoms with van der Waals surface area (Å²) >= 11 is 0. The van der Waals surface area contributed by atoms with Crippen LogP contribution in [0.2, 0.25) is 0 Å². The van der Waals surface area contributed by atoms with Crippen molar-refractivity contribution < 1.29 is 22.8 Å². The quantitative estimate of drug-likeness (QED) is 0.843. The lowest BCUT2D eigenvalue weighted by atomic mass is 10.1. The molecule has 0 spiro atoms. The van der Waals surface area contributed by atoms with Crippen LogP contribution in [0.1, 0.15) is 24.5 Å². The Balaban J connectivity index is 2.29. The minimum absolute atomic E-state index is 0.173. The van der Waals surface area contributed by atoms with Crippen molar-refractivity contribution in [3.63, 3.8) is 0 Å². The summed E-state index contributed by atoms with van der Waals surface area (Å²) < 4.78 is 37.1. The Labute approximate surface area is 120 Å². The number of carbonyl (C=O) groups is 2. The van der Waals surface area contributed by atoms with Gasteiger partial charge in [-0.05, 0) is 24.1 Å². The van der Waals surface area contributed by atoms with E-state index in [4.69, 9.17) is 0 Å². The predicted molar refractivity (Wildman–Crippen MR) is 71.5 cm³/mol. The van der Waals surface area contributed by atoms with Crippen molar-refractivity contribution in [2.45, 2.75) is 25.9 Å². The number of hydrogen-bond donors (Lipinski definition) is 2. The molecule has 116 valence electrons. The molecule has 0 unspecified atom stereocenters. The van der Waals surface area contributed by atoms with Crippen LogP contribution in [0.5, 0.6) is 0 Å². The molecular formula is C14H17F3N2O2. The minimum atomic E-state index is -4.34. The van der Waals surface area contributed by atoms with E-state index >= 15 is 0 Å².